The van der Waals surface area contributed by atoms with Crippen molar-refractivity contribution in [3.63, 3.8) is 0 Å². The third-order valence-electron chi connectivity index (χ3n) is 2.92. The maximum atomic E-state index is 13.5. The Balaban J connectivity index is 2.64. The Morgan fingerprint density at radius 3 is 2.53 bits per heavy atom. The van der Waals surface area contributed by atoms with Crippen molar-refractivity contribution in [2.24, 2.45) is 0 Å². The standard InChI is InChI=1S/C16H26FNO/c1-6-7-14(11-18-16(3,4)5)19-13-9-8-12(2)15(17)10-13/h8-10,14,18H,6-7,11H2,1-5H3. The summed E-state index contributed by atoms with van der Waals surface area (Å²) in [6.07, 6.45) is 2.08. The van der Waals surface area contributed by atoms with Crippen LogP contribution in [0.3, 0.4) is 0 Å². The number of benzene rings is 1. The second-order valence-electron chi connectivity index (χ2n) is 6.07. The van der Waals surface area contributed by atoms with Crippen LogP contribution in [0.1, 0.15) is 46.1 Å². The fourth-order valence-electron chi connectivity index (χ4n) is 1.78. The summed E-state index contributed by atoms with van der Waals surface area (Å²) in [7, 11) is 0. The van der Waals surface area contributed by atoms with Gasteiger partial charge in [0.25, 0.3) is 0 Å². The molecule has 0 aliphatic rings. The number of aryl methyl sites for hydroxylation is 1. The van der Waals surface area contributed by atoms with E-state index in [1.807, 2.05) is 6.07 Å². The van der Waals surface area contributed by atoms with E-state index in [2.05, 4.69) is 33.0 Å². The summed E-state index contributed by atoms with van der Waals surface area (Å²) in [6.45, 7) is 11.0. The first-order valence-electron chi connectivity index (χ1n) is 6.99. The van der Waals surface area contributed by atoms with Crippen LogP contribution >= 0.6 is 0 Å². The van der Waals surface area contributed by atoms with E-state index < -0.39 is 0 Å². The van der Waals surface area contributed by atoms with Gasteiger partial charge in [0.05, 0.1) is 0 Å². The molecule has 1 unspecified atom stereocenters. The molecule has 0 saturated carbocycles. The minimum absolute atomic E-state index is 0.0634. The molecule has 0 radical (unpaired) electrons. The van der Waals surface area contributed by atoms with Crippen molar-refractivity contribution in [2.45, 2.75) is 59.1 Å². The third-order valence-corrected chi connectivity index (χ3v) is 2.92. The van der Waals surface area contributed by atoms with E-state index in [0.29, 0.717) is 11.3 Å². The highest BCUT2D eigenvalue weighted by molar-refractivity contribution is 5.28. The zero-order valence-electron chi connectivity index (χ0n) is 12.7. The summed E-state index contributed by atoms with van der Waals surface area (Å²) in [5, 5.41) is 3.43. The summed E-state index contributed by atoms with van der Waals surface area (Å²) in [5.74, 6) is 0.397. The van der Waals surface area contributed by atoms with Crippen molar-refractivity contribution in [3.8, 4) is 5.75 Å². The quantitative estimate of drug-likeness (QED) is 0.839. The molecule has 1 aromatic carbocycles. The topological polar surface area (TPSA) is 21.3 Å². The van der Waals surface area contributed by atoms with Gasteiger partial charge >= 0.3 is 0 Å². The first kappa shape index (κ1) is 16.0. The van der Waals surface area contributed by atoms with E-state index in [1.165, 1.54) is 6.07 Å². The predicted molar refractivity (Wildman–Crippen MR) is 78.2 cm³/mol. The van der Waals surface area contributed by atoms with Gasteiger partial charge in [-0.3, -0.25) is 0 Å². The maximum absolute atomic E-state index is 13.5. The lowest BCUT2D eigenvalue weighted by Crippen LogP contribution is -2.42. The van der Waals surface area contributed by atoms with Gasteiger partial charge in [-0.05, 0) is 45.7 Å². The molecule has 0 heterocycles. The Morgan fingerprint density at radius 2 is 2.00 bits per heavy atom. The first-order chi connectivity index (χ1) is 8.81. The molecule has 0 fully saturated rings. The second-order valence-corrected chi connectivity index (χ2v) is 6.07. The Labute approximate surface area is 116 Å². The molecule has 108 valence electrons. The molecule has 0 amide bonds. The van der Waals surface area contributed by atoms with Crippen molar-refractivity contribution in [3.05, 3.63) is 29.6 Å². The normalized spacial score (nSPS) is 13.4. The highest BCUT2D eigenvalue weighted by Gasteiger charge is 2.15. The Morgan fingerprint density at radius 1 is 1.32 bits per heavy atom. The van der Waals surface area contributed by atoms with Gasteiger partial charge in [0.1, 0.15) is 17.7 Å². The predicted octanol–water partition coefficient (Wildman–Crippen LogP) is 4.07. The molecular formula is C16H26FNO. The number of hydrogen-bond acceptors (Lipinski definition) is 2. The van der Waals surface area contributed by atoms with Gasteiger partial charge in [-0.25, -0.2) is 4.39 Å². The summed E-state index contributed by atoms with van der Waals surface area (Å²) < 4.78 is 19.4. The molecule has 0 saturated heterocycles. The van der Waals surface area contributed by atoms with Crippen LogP contribution in [-0.4, -0.2) is 18.2 Å². The van der Waals surface area contributed by atoms with Gasteiger partial charge in [0.15, 0.2) is 0 Å². The Hall–Kier alpha value is -1.09. The summed E-state index contributed by atoms with van der Waals surface area (Å²) in [5.41, 5.74) is 0.709. The van der Waals surface area contributed by atoms with Crippen LogP contribution < -0.4 is 10.1 Å². The Kier molecular flexibility index (Phi) is 5.80. The fourth-order valence-corrected chi connectivity index (χ4v) is 1.78. The van der Waals surface area contributed by atoms with Crippen LogP contribution in [-0.2, 0) is 0 Å². The molecule has 0 bridgehead atoms. The average molecular weight is 267 g/mol. The molecule has 1 rings (SSSR count). The van der Waals surface area contributed by atoms with Gasteiger partial charge in [-0.2, -0.15) is 0 Å². The zero-order valence-corrected chi connectivity index (χ0v) is 12.7. The fraction of sp³-hybridized carbons (Fsp3) is 0.625. The molecule has 0 spiro atoms. The van der Waals surface area contributed by atoms with E-state index in [9.17, 15) is 4.39 Å². The van der Waals surface area contributed by atoms with E-state index in [1.54, 1.807) is 13.0 Å². The van der Waals surface area contributed by atoms with Gasteiger partial charge in [0.2, 0.25) is 0 Å². The molecular weight excluding hydrogens is 241 g/mol. The molecule has 0 aliphatic heterocycles. The molecule has 1 atom stereocenters. The minimum atomic E-state index is -0.212. The van der Waals surface area contributed by atoms with Crippen molar-refractivity contribution < 1.29 is 9.13 Å². The van der Waals surface area contributed by atoms with E-state index >= 15 is 0 Å². The largest absolute Gasteiger partial charge is 0.489 e. The van der Waals surface area contributed by atoms with Gasteiger partial charge in [0, 0.05) is 18.2 Å². The maximum Gasteiger partial charge on any atom is 0.129 e. The van der Waals surface area contributed by atoms with Crippen molar-refractivity contribution >= 4 is 0 Å². The number of nitrogens with one attached hydrogen (secondary N) is 1. The SMILES string of the molecule is CCCC(CNC(C)(C)C)Oc1ccc(C)c(F)c1. The van der Waals surface area contributed by atoms with Crippen molar-refractivity contribution in [1.29, 1.82) is 0 Å². The van der Waals surface area contributed by atoms with E-state index in [0.717, 1.165) is 19.4 Å². The highest BCUT2D eigenvalue weighted by Crippen LogP contribution is 2.18. The average Bonchev–Trinajstić information content (AvgIpc) is 2.30. The molecule has 2 nitrogen and oxygen atoms in total. The van der Waals surface area contributed by atoms with Gasteiger partial charge < -0.3 is 10.1 Å². The molecule has 19 heavy (non-hydrogen) atoms. The zero-order chi connectivity index (χ0) is 14.5. The van der Waals surface area contributed by atoms with Crippen LogP contribution in [0.5, 0.6) is 5.75 Å². The Bertz CT molecular complexity index is 398. The van der Waals surface area contributed by atoms with Crippen LogP contribution in [0.2, 0.25) is 0 Å². The molecule has 1 aromatic rings. The number of ether oxygens (including phenoxy) is 1. The molecule has 0 aliphatic carbocycles. The minimum Gasteiger partial charge on any atom is -0.489 e. The van der Waals surface area contributed by atoms with Crippen molar-refractivity contribution in [2.75, 3.05) is 6.54 Å². The van der Waals surface area contributed by atoms with Crippen molar-refractivity contribution in [1.82, 2.24) is 5.32 Å². The lowest BCUT2D eigenvalue weighted by Gasteiger charge is -2.26. The number of hydrogen-bond donors (Lipinski definition) is 1. The van der Waals surface area contributed by atoms with Gasteiger partial charge in [-0.1, -0.05) is 19.4 Å². The summed E-state index contributed by atoms with van der Waals surface area (Å²) in [6, 6.07) is 5.05. The number of halogens is 1. The van der Waals surface area contributed by atoms with Crippen LogP contribution in [0.4, 0.5) is 4.39 Å². The molecule has 3 heteroatoms. The third kappa shape index (κ3) is 6.06. The first-order valence-corrected chi connectivity index (χ1v) is 6.99. The van der Waals surface area contributed by atoms with Crippen LogP contribution in [0.25, 0.3) is 0 Å². The highest BCUT2D eigenvalue weighted by atomic mass is 19.1. The van der Waals surface area contributed by atoms with Gasteiger partial charge in [-0.15, -0.1) is 0 Å². The molecule has 1 N–H and O–H groups in total. The van der Waals surface area contributed by atoms with Crippen LogP contribution in [0, 0.1) is 12.7 Å². The van der Waals surface area contributed by atoms with Crippen LogP contribution in [0.15, 0.2) is 18.2 Å². The van der Waals surface area contributed by atoms with E-state index in [-0.39, 0.29) is 17.5 Å². The summed E-state index contributed by atoms with van der Waals surface area (Å²) in [4.78, 5) is 0. The lowest BCUT2D eigenvalue weighted by atomic mass is 10.1. The smallest absolute Gasteiger partial charge is 0.129 e. The second kappa shape index (κ2) is 6.90. The molecule has 0 aromatic heterocycles. The van der Waals surface area contributed by atoms with E-state index in [4.69, 9.17) is 4.74 Å². The summed E-state index contributed by atoms with van der Waals surface area (Å²) >= 11 is 0. The lowest BCUT2D eigenvalue weighted by molar-refractivity contribution is 0.174. The number of rotatable bonds is 6. The monoisotopic (exact) mass is 267 g/mol.